The van der Waals surface area contributed by atoms with E-state index in [1.54, 1.807) is 18.2 Å². The molecule has 0 atom stereocenters. The molecule has 0 unspecified atom stereocenters. The molecule has 0 spiro atoms. The first-order valence-electron chi connectivity index (χ1n) is 5.22. The smallest absolute Gasteiger partial charge is 0.266 e. The number of amides is 1. The van der Waals surface area contributed by atoms with Gasteiger partial charge in [0, 0.05) is 10.4 Å². The van der Waals surface area contributed by atoms with Crippen molar-refractivity contribution >= 4 is 45.6 Å². The van der Waals surface area contributed by atoms with E-state index in [1.807, 2.05) is 17.5 Å². The third-order valence-electron chi connectivity index (χ3n) is 2.50. The summed E-state index contributed by atoms with van der Waals surface area (Å²) >= 11 is 7.27. The molecule has 90 valence electrons. The summed E-state index contributed by atoms with van der Waals surface area (Å²) in [6.07, 6.45) is 0. The Balaban J connectivity index is 1.94. The highest BCUT2D eigenvalue weighted by Crippen LogP contribution is 2.24. The van der Waals surface area contributed by atoms with Gasteiger partial charge in [0.15, 0.2) is 5.82 Å². The zero-order valence-corrected chi connectivity index (χ0v) is 10.7. The van der Waals surface area contributed by atoms with Crippen LogP contribution in [0.25, 0.3) is 10.9 Å². The van der Waals surface area contributed by atoms with Crippen LogP contribution in [-0.4, -0.2) is 16.1 Å². The Labute approximate surface area is 112 Å². The van der Waals surface area contributed by atoms with Crippen molar-refractivity contribution in [1.29, 1.82) is 0 Å². The number of carbonyl (C=O) groups excluding carboxylic acids is 1. The topological polar surface area (TPSA) is 57.8 Å². The van der Waals surface area contributed by atoms with Gasteiger partial charge in [-0.25, -0.2) is 0 Å². The quantitative estimate of drug-likeness (QED) is 0.753. The largest absolute Gasteiger partial charge is 0.304 e. The molecule has 0 saturated carbocycles. The Hall–Kier alpha value is -1.85. The van der Waals surface area contributed by atoms with E-state index in [2.05, 4.69) is 15.5 Å². The van der Waals surface area contributed by atoms with Gasteiger partial charge in [0.05, 0.1) is 10.4 Å². The third-order valence-corrected chi connectivity index (χ3v) is 3.61. The molecule has 2 N–H and O–H groups in total. The van der Waals surface area contributed by atoms with Gasteiger partial charge in [0.25, 0.3) is 5.91 Å². The van der Waals surface area contributed by atoms with Crippen molar-refractivity contribution in [1.82, 2.24) is 10.2 Å². The molecule has 0 aliphatic rings. The van der Waals surface area contributed by atoms with Gasteiger partial charge < -0.3 is 5.32 Å². The Morgan fingerprint density at radius 3 is 3.06 bits per heavy atom. The number of rotatable bonds is 2. The van der Waals surface area contributed by atoms with Crippen LogP contribution < -0.4 is 5.32 Å². The van der Waals surface area contributed by atoms with Gasteiger partial charge in [-0.1, -0.05) is 17.7 Å². The summed E-state index contributed by atoms with van der Waals surface area (Å²) in [5, 5.41) is 13.0. The lowest BCUT2D eigenvalue weighted by Crippen LogP contribution is -2.10. The Bertz CT molecular complexity index is 705. The molecule has 0 fully saturated rings. The lowest BCUT2D eigenvalue weighted by molar-refractivity contribution is 0.103. The second-order valence-corrected chi connectivity index (χ2v) is 5.08. The van der Waals surface area contributed by atoms with Crippen molar-refractivity contribution in [2.75, 3.05) is 5.32 Å². The van der Waals surface area contributed by atoms with Crippen molar-refractivity contribution in [2.45, 2.75) is 0 Å². The minimum atomic E-state index is -0.159. The first kappa shape index (κ1) is 11.3. The van der Waals surface area contributed by atoms with Crippen LogP contribution in [0.2, 0.25) is 5.02 Å². The fourth-order valence-corrected chi connectivity index (χ4v) is 2.46. The number of anilines is 1. The number of halogens is 1. The van der Waals surface area contributed by atoms with E-state index in [-0.39, 0.29) is 5.91 Å². The zero-order valence-electron chi connectivity index (χ0n) is 9.11. The number of aromatic amines is 1. The van der Waals surface area contributed by atoms with Gasteiger partial charge in [-0.05, 0) is 29.6 Å². The maximum Gasteiger partial charge on any atom is 0.266 e. The molecule has 6 heteroatoms. The highest BCUT2D eigenvalue weighted by Gasteiger charge is 2.11. The molecule has 0 radical (unpaired) electrons. The summed E-state index contributed by atoms with van der Waals surface area (Å²) in [5.74, 6) is 0.355. The SMILES string of the molecule is O=C(Nc1n[nH]c2cc(Cl)ccc12)c1cccs1. The number of H-pyrrole nitrogens is 1. The molecular formula is C12H8ClN3OS. The Morgan fingerprint density at radius 2 is 2.28 bits per heavy atom. The van der Waals surface area contributed by atoms with Gasteiger partial charge in [0.2, 0.25) is 0 Å². The third kappa shape index (κ3) is 1.98. The van der Waals surface area contributed by atoms with Crippen LogP contribution in [0.4, 0.5) is 5.82 Å². The highest BCUT2D eigenvalue weighted by atomic mass is 35.5. The number of aromatic nitrogens is 2. The van der Waals surface area contributed by atoms with Gasteiger partial charge in [0.1, 0.15) is 0 Å². The van der Waals surface area contributed by atoms with Crippen molar-refractivity contribution in [2.24, 2.45) is 0 Å². The molecule has 2 aromatic heterocycles. The van der Waals surface area contributed by atoms with Crippen LogP contribution >= 0.6 is 22.9 Å². The molecule has 1 amide bonds. The minimum Gasteiger partial charge on any atom is -0.304 e. The summed E-state index contributed by atoms with van der Waals surface area (Å²) in [5.41, 5.74) is 0.795. The first-order chi connectivity index (χ1) is 8.74. The molecule has 4 nitrogen and oxygen atoms in total. The van der Waals surface area contributed by atoms with Gasteiger partial charge in [-0.2, -0.15) is 5.10 Å². The van der Waals surface area contributed by atoms with Crippen molar-refractivity contribution in [3.8, 4) is 0 Å². The van der Waals surface area contributed by atoms with Crippen LogP contribution in [0.1, 0.15) is 9.67 Å². The summed E-state index contributed by atoms with van der Waals surface area (Å²) in [6, 6.07) is 8.96. The van der Waals surface area contributed by atoms with E-state index in [1.165, 1.54) is 11.3 Å². The van der Waals surface area contributed by atoms with E-state index in [0.29, 0.717) is 15.7 Å². The lowest BCUT2D eigenvalue weighted by atomic mass is 10.2. The number of carbonyl (C=O) groups is 1. The Kier molecular flexibility index (Phi) is 2.77. The summed E-state index contributed by atoms with van der Waals surface area (Å²) in [6.45, 7) is 0. The fourth-order valence-electron chi connectivity index (χ4n) is 1.66. The number of fused-ring (bicyclic) bond motifs is 1. The van der Waals surface area contributed by atoms with Crippen molar-refractivity contribution in [3.05, 3.63) is 45.6 Å². The fraction of sp³-hybridized carbons (Fsp3) is 0. The normalized spacial score (nSPS) is 10.7. The van der Waals surface area contributed by atoms with Gasteiger partial charge in [-0.3, -0.25) is 9.89 Å². The molecule has 18 heavy (non-hydrogen) atoms. The van der Waals surface area contributed by atoms with Gasteiger partial charge >= 0.3 is 0 Å². The van der Waals surface area contributed by atoms with E-state index in [9.17, 15) is 4.79 Å². The number of hydrogen-bond donors (Lipinski definition) is 2. The standard InChI is InChI=1S/C12H8ClN3OS/c13-7-3-4-8-9(6-7)15-16-11(8)14-12(17)10-2-1-5-18-10/h1-6H,(H2,14,15,16,17). The van der Waals surface area contributed by atoms with Gasteiger partial charge in [-0.15, -0.1) is 11.3 Å². The monoisotopic (exact) mass is 277 g/mol. The van der Waals surface area contributed by atoms with Crippen LogP contribution in [0.3, 0.4) is 0 Å². The molecule has 0 bridgehead atoms. The molecule has 1 aromatic carbocycles. The number of nitrogens with zero attached hydrogens (tertiary/aromatic N) is 1. The maximum atomic E-state index is 11.9. The predicted molar refractivity (Wildman–Crippen MR) is 73.4 cm³/mol. The Morgan fingerprint density at radius 1 is 1.39 bits per heavy atom. The van der Waals surface area contributed by atoms with E-state index in [4.69, 9.17) is 11.6 Å². The summed E-state index contributed by atoms with van der Waals surface area (Å²) in [4.78, 5) is 12.6. The summed E-state index contributed by atoms with van der Waals surface area (Å²) in [7, 11) is 0. The average molecular weight is 278 g/mol. The number of thiophene rings is 1. The number of hydrogen-bond acceptors (Lipinski definition) is 3. The first-order valence-corrected chi connectivity index (χ1v) is 6.48. The number of benzene rings is 1. The van der Waals surface area contributed by atoms with E-state index in [0.717, 1.165) is 10.9 Å². The molecule has 3 rings (SSSR count). The second-order valence-electron chi connectivity index (χ2n) is 3.69. The minimum absolute atomic E-state index is 0.159. The van der Waals surface area contributed by atoms with Crippen molar-refractivity contribution in [3.63, 3.8) is 0 Å². The van der Waals surface area contributed by atoms with Crippen LogP contribution in [0.15, 0.2) is 35.7 Å². The molecule has 0 aliphatic heterocycles. The molecular weight excluding hydrogens is 270 g/mol. The average Bonchev–Trinajstić information content (AvgIpc) is 2.98. The molecule has 3 aromatic rings. The van der Waals surface area contributed by atoms with Crippen LogP contribution in [-0.2, 0) is 0 Å². The van der Waals surface area contributed by atoms with E-state index < -0.39 is 0 Å². The molecule has 0 saturated heterocycles. The molecule has 0 aliphatic carbocycles. The zero-order chi connectivity index (χ0) is 12.5. The van der Waals surface area contributed by atoms with Crippen LogP contribution in [0.5, 0.6) is 0 Å². The van der Waals surface area contributed by atoms with Crippen LogP contribution in [0, 0.1) is 0 Å². The van der Waals surface area contributed by atoms with E-state index >= 15 is 0 Å². The maximum absolute atomic E-state index is 11.9. The second kappa shape index (κ2) is 4.44. The predicted octanol–water partition coefficient (Wildman–Crippen LogP) is 3.53. The summed E-state index contributed by atoms with van der Waals surface area (Å²) < 4.78 is 0. The molecule has 2 heterocycles. The highest BCUT2D eigenvalue weighted by molar-refractivity contribution is 7.12. The number of nitrogens with one attached hydrogen (secondary N) is 2. The van der Waals surface area contributed by atoms with Crippen molar-refractivity contribution < 1.29 is 4.79 Å². The lowest BCUT2D eigenvalue weighted by Gasteiger charge is -1.99.